The van der Waals surface area contributed by atoms with Crippen LogP contribution in [0.5, 0.6) is 0 Å². The minimum Gasteiger partial charge on any atom is -0.378 e. The lowest BCUT2D eigenvalue weighted by atomic mass is 9.77. The summed E-state index contributed by atoms with van der Waals surface area (Å²) in [5.74, 6) is 0.0920. The molecule has 1 aromatic carbocycles. The third kappa shape index (κ3) is 5.60. The van der Waals surface area contributed by atoms with E-state index in [1.54, 1.807) is 0 Å². The molecule has 2 amide bonds. The van der Waals surface area contributed by atoms with E-state index in [2.05, 4.69) is 30.6 Å². The van der Waals surface area contributed by atoms with Gasteiger partial charge in [-0.3, -0.25) is 14.5 Å². The van der Waals surface area contributed by atoms with Gasteiger partial charge in [0.25, 0.3) is 0 Å². The van der Waals surface area contributed by atoms with Gasteiger partial charge in [-0.25, -0.2) is 0 Å². The summed E-state index contributed by atoms with van der Waals surface area (Å²) in [6, 6.07) is 4.14. The first-order valence-electron chi connectivity index (χ1n) is 13.0. The molecule has 2 N–H and O–H groups in total. The van der Waals surface area contributed by atoms with E-state index in [9.17, 15) is 9.59 Å². The van der Waals surface area contributed by atoms with E-state index in [0.29, 0.717) is 17.5 Å². The van der Waals surface area contributed by atoms with Gasteiger partial charge in [0.15, 0.2) is 0 Å². The minimum absolute atomic E-state index is 0.129. The fraction of sp³-hybridized carbons (Fsp3) is 0.704. The first kappa shape index (κ1) is 25.5. The van der Waals surface area contributed by atoms with Crippen LogP contribution in [-0.2, 0) is 20.9 Å². The van der Waals surface area contributed by atoms with Gasteiger partial charge in [0.1, 0.15) is 0 Å². The van der Waals surface area contributed by atoms with Crippen molar-refractivity contribution in [1.82, 2.24) is 9.80 Å². The van der Waals surface area contributed by atoms with Crippen molar-refractivity contribution < 1.29 is 14.3 Å². The molecular weight excluding hydrogens is 450 g/mol. The number of hydrogen-bond donors (Lipinski definition) is 1. The van der Waals surface area contributed by atoms with Crippen LogP contribution in [0.25, 0.3) is 0 Å². The highest BCUT2D eigenvalue weighted by molar-refractivity contribution is 6.30. The number of rotatable bonds is 6. The first-order valence-corrected chi connectivity index (χ1v) is 13.3. The predicted octanol–water partition coefficient (Wildman–Crippen LogP) is 4.26. The molecule has 4 rings (SSSR count). The largest absolute Gasteiger partial charge is 0.378 e. The zero-order chi connectivity index (χ0) is 24.4. The summed E-state index contributed by atoms with van der Waals surface area (Å²) in [4.78, 5) is 30.1. The molecule has 1 aliphatic carbocycles. The standard InChI is InChI=1S/C27H40ClN3O3/c1-17-15-30(9-10-31(17)27(33)20-6-4-5-7-20)16-22-13-23(28)14-24(19(22)3)25(26(29)32)21-8-11-34-18(2)12-21/h13-14,17-18,20-21,25H,4-12,15-16H2,1-3H3,(H2,29,32)/t17-,18?,21?,25?/m0/s1. The maximum atomic E-state index is 13.0. The van der Waals surface area contributed by atoms with E-state index < -0.39 is 0 Å². The van der Waals surface area contributed by atoms with Crippen molar-refractivity contribution in [1.29, 1.82) is 0 Å². The van der Waals surface area contributed by atoms with Gasteiger partial charge in [-0.2, -0.15) is 0 Å². The van der Waals surface area contributed by atoms with Crippen molar-refractivity contribution in [3.8, 4) is 0 Å². The summed E-state index contributed by atoms with van der Waals surface area (Å²) in [5, 5.41) is 0.644. The third-order valence-corrected chi connectivity index (χ3v) is 8.47. The van der Waals surface area contributed by atoms with Crippen molar-refractivity contribution in [3.05, 3.63) is 33.8 Å². The molecule has 3 aliphatic rings. The number of hydrogen-bond acceptors (Lipinski definition) is 4. The normalized spacial score (nSPS) is 27.6. The summed E-state index contributed by atoms with van der Waals surface area (Å²) < 4.78 is 5.71. The molecular formula is C27H40ClN3O3. The van der Waals surface area contributed by atoms with Gasteiger partial charge in [0.2, 0.25) is 11.8 Å². The lowest BCUT2D eigenvalue weighted by molar-refractivity contribution is -0.140. The molecule has 2 saturated heterocycles. The van der Waals surface area contributed by atoms with Crippen molar-refractivity contribution in [2.75, 3.05) is 26.2 Å². The van der Waals surface area contributed by atoms with Gasteiger partial charge in [0, 0.05) is 49.8 Å². The summed E-state index contributed by atoms with van der Waals surface area (Å²) in [6.07, 6.45) is 6.23. The molecule has 4 atom stereocenters. The number of piperazine rings is 1. The smallest absolute Gasteiger partial charge is 0.226 e. The summed E-state index contributed by atoms with van der Waals surface area (Å²) in [5.41, 5.74) is 9.13. The zero-order valence-corrected chi connectivity index (χ0v) is 21.7. The van der Waals surface area contributed by atoms with E-state index in [-0.39, 0.29) is 35.8 Å². The molecule has 188 valence electrons. The van der Waals surface area contributed by atoms with Gasteiger partial charge in [-0.1, -0.05) is 24.4 Å². The Labute approximate surface area is 209 Å². The van der Waals surface area contributed by atoms with Crippen LogP contribution in [0.15, 0.2) is 12.1 Å². The second-order valence-corrected chi connectivity index (χ2v) is 11.2. The maximum absolute atomic E-state index is 13.0. The van der Waals surface area contributed by atoms with Crippen LogP contribution < -0.4 is 5.73 Å². The monoisotopic (exact) mass is 489 g/mol. The summed E-state index contributed by atoms with van der Waals surface area (Å²) in [6.45, 7) is 10.2. The molecule has 1 aromatic rings. The fourth-order valence-corrected chi connectivity index (χ4v) is 6.62. The Kier molecular flexibility index (Phi) is 8.21. The number of benzene rings is 1. The van der Waals surface area contributed by atoms with E-state index in [1.165, 1.54) is 12.8 Å². The number of ether oxygens (including phenoxy) is 1. The number of carbonyl (C=O) groups excluding carboxylic acids is 2. The summed E-state index contributed by atoms with van der Waals surface area (Å²) in [7, 11) is 0. The molecule has 7 heteroatoms. The van der Waals surface area contributed by atoms with Crippen molar-refractivity contribution >= 4 is 23.4 Å². The molecule has 0 aromatic heterocycles. The van der Waals surface area contributed by atoms with Gasteiger partial charge in [0.05, 0.1) is 12.0 Å². The molecule has 0 spiro atoms. The maximum Gasteiger partial charge on any atom is 0.226 e. The van der Waals surface area contributed by atoms with E-state index >= 15 is 0 Å². The van der Waals surface area contributed by atoms with Crippen molar-refractivity contribution in [2.45, 2.75) is 83.9 Å². The number of carbonyl (C=O) groups is 2. The number of amides is 2. The molecule has 2 aliphatic heterocycles. The van der Waals surface area contributed by atoms with Gasteiger partial charge >= 0.3 is 0 Å². The van der Waals surface area contributed by atoms with Gasteiger partial charge in [-0.15, -0.1) is 0 Å². The molecule has 2 heterocycles. The zero-order valence-electron chi connectivity index (χ0n) is 20.9. The quantitative estimate of drug-likeness (QED) is 0.648. The highest BCUT2D eigenvalue weighted by Crippen LogP contribution is 2.38. The Balaban J connectivity index is 1.49. The second kappa shape index (κ2) is 11.0. The van der Waals surface area contributed by atoms with E-state index in [4.69, 9.17) is 22.1 Å². The predicted molar refractivity (Wildman–Crippen MR) is 135 cm³/mol. The molecule has 3 unspecified atom stereocenters. The molecule has 1 saturated carbocycles. The Morgan fingerprint density at radius 3 is 2.56 bits per heavy atom. The molecule has 0 bridgehead atoms. The lowest BCUT2D eigenvalue weighted by Crippen LogP contribution is -2.54. The number of halogens is 1. The van der Waals surface area contributed by atoms with Crippen LogP contribution >= 0.6 is 11.6 Å². The van der Waals surface area contributed by atoms with Crippen molar-refractivity contribution in [3.63, 3.8) is 0 Å². The average molecular weight is 490 g/mol. The Hall–Kier alpha value is -1.63. The summed E-state index contributed by atoms with van der Waals surface area (Å²) >= 11 is 6.57. The first-order chi connectivity index (χ1) is 16.2. The SMILES string of the molecule is Cc1c(CN2CCN(C(=O)C3CCCC3)[C@@H](C)C2)cc(Cl)cc1C(C(N)=O)C1CCOC(C)C1. The lowest BCUT2D eigenvalue weighted by Gasteiger charge is -2.41. The Bertz CT molecular complexity index is 901. The van der Waals surface area contributed by atoms with Crippen LogP contribution in [0.3, 0.4) is 0 Å². The van der Waals surface area contributed by atoms with Crippen LogP contribution in [0, 0.1) is 18.8 Å². The van der Waals surface area contributed by atoms with Gasteiger partial charge in [-0.05, 0) is 81.2 Å². The second-order valence-electron chi connectivity index (χ2n) is 10.7. The highest BCUT2D eigenvalue weighted by atomic mass is 35.5. The van der Waals surface area contributed by atoms with Gasteiger partial charge < -0.3 is 15.4 Å². The Morgan fingerprint density at radius 2 is 1.91 bits per heavy atom. The number of nitrogens with two attached hydrogens (primary N) is 1. The van der Waals surface area contributed by atoms with E-state index in [1.807, 2.05) is 12.1 Å². The molecule has 3 fully saturated rings. The Morgan fingerprint density at radius 1 is 1.18 bits per heavy atom. The average Bonchev–Trinajstić information content (AvgIpc) is 3.31. The third-order valence-electron chi connectivity index (χ3n) is 8.25. The van der Waals surface area contributed by atoms with E-state index in [0.717, 1.165) is 68.6 Å². The molecule has 0 radical (unpaired) electrons. The van der Waals surface area contributed by atoms with Crippen LogP contribution in [-0.4, -0.2) is 60.0 Å². The highest BCUT2D eigenvalue weighted by Gasteiger charge is 2.35. The van der Waals surface area contributed by atoms with Crippen LogP contribution in [0.4, 0.5) is 0 Å². The number of primary amides is 1. The topological polar surface area (TPSA) is 75.9 Å². The fourth-order valence-electron chi connectivity index (χ4n) is 6.37. The molecule has 6 nitrogen and oxygen atoms in total. The molecule has 34 heavy (non-hydrogen) atoms. The van der Waals surface area contributed by atoms with Crippen molar-refractivity contribution in [2.24, 2.45) is 17.6 Å². The van der Waals surface area contributed by atoms with Crippen LogP contribution in [0.1, 0.15) is 75.0 Å². The minimum atomic E-state index is -0.358. The van der Waals surface area contributed by atoms with Crippen LogP contribution in [0.2, 0.25) is 5.02 Å². The number of nitrogens with zero attached hydrogens (tertiary/aromatic N) is 2.